The smallest absolute Gasteiger partial charge is 0.214 e. The van der Waals surface area contributed by atoms with Crippen molar-refractivity contribution in [1.29, 1.82) is 0 Å². The molecule has 1 aromatic heterocycles. The number of benzene rings is 2. The van der Waals surface area contributed by atoms with Crippen molar-refractivity contribution in [2.75, 3.05) is 11.4 Å². The van der Waals surface area contributed by atoms with Crippen molar-refractivity contribution in [3.8, 4) is 11.3 Å². The zero-order chi connectivity index (χ0) is 14.8. The largest absolute Gasteiger partial charge is 0.439 e. The number of para-hydroxylation sites is 1. The summed E-state index contributed by atoms with van der Waals surface area (Å²) in [5, 5.41) is 0. The van der Waals surface area contributed by atoms with E-state index in [4.69, 9.17) is 4.42 Å². The highest BCUT2D eigenvalue weighted by molar-refractivity contribution is 5.57. The lowest BCUT2D eigenvalue weighted by atomic mass is 10.0. The van der Waals surface area contributed by atoms with Gasteiger partial charge in [0.1, 0.15) is 0 Å². The number of fused-ring (bicyclic) bond motifs is 1. The van der Waals surface area contributed by atoms with E-state index in [0.717, 1.165) is 36.7 Å². The molecule has 22 heavy (non-hydrogen) atoms. The molecule has 0 saturated heterocycles. The Kier molecular flexibility index (Phi) is 3.39. The molecule has 4 rings (SSSR count). The van der Waals surface area contributed by atoms with Crippen LogP contribution in [0, 0.1) is 0 Å². The van der Waals surface area contributed by atoms with Crippen LogP contribution in [0.5, 0.6) is 0 Å². The van der Waals surface area contributed by atoms with Crippen LogP contribution in [0.15, 0.2) is 65.2 Å². The fourth-order valence-corrected chi connectivity index (χ4v) is 3.06. The van der Waals surface area contributed by atoms with Crippen molar-refractivity contribution in [2.24, 2.45) is 0 Å². The zero-order valence-electron chi connectivity index (χ0n) is 12.4. The minimum Gasteiger partial charge on any atom is -0.439 e. The van der Waals surface area contributed by atoms with Crippen LogP contribution in [0.4, 0.5) is 5.69 Å². The van der Waals surface area contributed by atoms with Crippen LogP contribution in [0.3, 0.4) is 0 Å². The van der Waals surface area contributed by atoms with Gasteiger partial charge < -0.3 is 9.32 Å². The second-order valence-electron chi connectivity index (χ2n) is 5.64. The van der Waals surface area contributed by atoms with Crippen LogP contribution in [-0.4, -0.2) is 11.5 Å². The summed E-state index contributed by atoms with van der Waals surface area (Å²) < 4.78 is 5.93. The molecule has 2 heterocycles. The molecule has 0 fully saturated rings. The molecule has 0 atom stereocenters. The summed E-state index contributed by atoms with van der Waals surface area (Å²) >= 11 is 0. The van der Waals surface area contributed by atoms with Crippen LogP contribution in [-0.2, 0) is 13.0 Å². The monoisotopic (exact) mass is 290 g/mol. The minimum atomic E-state index is 0.726. The van der Waals surface area contributed by atoms with Gasteiger partial charge in [-0.15, -0.1) is 0 Å². The second-order valence-corrected chi connectivity index (χ2v) is 5.64. The Morgan fingerprint density at radius 3 is 2.73 bits per heavy atom. The van der Waals surface area contributed by atoms with Crippen molar-refractivity contribution in [2.45, 2.75) is 19.4 Å². The van der Waals surface area contributed by atoms with Gasteiger partial charge in [-0.05, 0) is 24.5 Å². The molecular formula is C19H18N2O. The molecule has 3 heteroatoms. The van der Waals surface area contributed by atoms with E-state index < -0.39 is 0 Å². The molecule has 3 nitrogen and oxygen atoms in total. The van der Waals surface area contributed by atoms with Crippen LogP contribution in [0.25, 0.3) is 11.3 Å². The standard InChI is InChI=1S/C19H18N2O/c1-2-8-16(9-3-1)18-13-20-19(22-18)14-21-12-6-10-15-7-4-5-11-17(15)21/h1-5,7-9,11,13H,6,10,12,14H2. The van der Waals surface area contributed by atoms with Crippen LogP contribution >= 0.6 is 0 Å². The van der Waals surface area contributed by atoms with Crippen molar-refractivity contribution >= 4 is 5.69 Å². The van der Waals surface area contributed by atoms with Gasteiger partial charge in [0, 0.05) is 17.8 Å². The van der Waals surface area contributed by atoms with E-state index in [-0.39, 0.29) is 0 Å². The lowest BCUT2D eigenvalue weighted by molar-refractivity contribution is 0.493. The van der Waals surface area contributed by atoms with Crippen LogP contribution in [0.1, 0.15) is 17.9 Å². The molecule has 0 saturated carbocycles. The fraction of sp³-hybridized carbons (Fsp3) is 0.211. The molecule has 3 aromatic rings. The topological polar surface area (TPSA) is 29.3 Å². The number of aryl methyl sites for hydroxylation is 1. The van der Waals surface area contributed by atoms with Crippen molar-refractivity contribution in [1.82, 2.24) is 4.98 Å². The third kappa shape index (κ3) is 2.50. The van der Waals surface area contributed by atoms with Crippen molar-refractivity contribution < 1.29 is 4.42 Å². The summed E-state index contributed by atoms with van der Waals surface area (Å²) in [6.07, 6.45) is 4.16. The highest BCUT2D eigenvalue weighted by Gasteiger charge is 2.18. The molecule has 0 aliphatic carbocycles. The minimum absolute atomic E-state index is 0.726. The summed E-state index contributed by atoms with van der Waals surface area (Å²) in [4.78, 5) is 6.81. The molecule has 0 bridgehead atoms. The van der Waals surface area contributed by atoms with Gasteiger partial charge in [-0.25, -0.2) is 4.98 Å². The number of hydrogen-bond donors (Lipinski definition) is 0. The van der Waals surface area contributed by atoms with Gasteiger partial charge in [-0.3, -0.25) is 0 Å². The number of aromatic nitrogens is 1. The first-order chi connectivity index (χ1) is 10.9. The molecule has 2 aromatic carbocycles. The molecule has 0 spiro atoms. The van der Waals surface area contributed by atoms with E-state index in [1.54, 1.807) is 0 Å². The second kappa shape index (κ2) is 5.68. The molecule has 1 aliphatic heterocycles. The molecule has 0 radical (unpaired) electrons. The Morgan fingerprint density at radius 2 is 1.82 bits per heavy atom. The molecule has 0 N–H and O–H groups in total. The number of hydrogen-bond acceptors (Lipinski definition) is 3. The molecule has 1 aliphatic rings. The maximum Gasteiger partial charge on any atom is 0.214 e. The predicted molar refractivity (Wildman–Crippen MR) is 87.8 cm³/mol. The maximum absolute atomic E-state index is 5.93. The number of anilines is 1. The molecular weight excluding hydrogens is 272 g/mol. The van der Waals surface area contributed by atoms with E-state index in [2.05, 4.69) is 34.1 Å². The average Bonchev–Trinajstić information content (AvgIpc) is 3.05. The highest BCUT2D eigenvalue weighted by atomic mass is 16.4. The Labute approximate surface area is 130 Å². The summed E-state index contributed by atoms with van der Waals surface area (Å²) in [5.41, 5.74) is 3.80. The van der Waals surface area contributed by atoms with Crippen molar-refractivity contribution in [3.05, 3.63) is 72.2 Å². The molecule has 110 valence electrons. The van der Waals surface area contributed by atoms with Crippen LogP contribution in [0.2, 0.25) is 0 Å². The quantitative estimate of drug-likeness (QED) is 0.720. The van der Waals surface area contributed by atoms with E-state index in [0.29, 0.717) is 0 Å². The van der Waals surface area contributed by atoms with E-state index in [1.807, 2.05) is 36.5 Å². The lowest BCUT2D eigenvalue weighted by Gasteiger charge is -2.30. The summed E-state index contributed by atoms with van der Waals surface area (Å²) in [6, 6.07) is 18.7. The normalized spacial score (nSPS) is 13.9. The first-order valence-corrected chi connectivity index (χ1v) is 7.73. The van der Waals surface area contributed by atoms with Gasteiger partial charge in [0.25, 0.3) is 0 Å². The Balaban J connectivity index is 1.57. The third-order valence-corrected chi connectivity index (χ3v) is 4.14. The summed E-state index contributed by atoms with van der Waals surface area (Å²) in [5.74, 6) is 1.61. The predicted octanol–water partition coefficient (Wildman–Crippen LogP) is 4.29. The Bertz CT molecular complexity index is 764. The number of nitrogens with zero attached hydrogens (tertiary/aromatic N) is 2. The zero-order valence-corrected chi connectivity index (χ0v) is 12.4. The first-order valence-electron chi connectivity index (χ1n) is 7.73. The summed E-state index contributed by atoms with van der Waals surface area (Å²) in [6.45, 7) is 1.78. The van der Waals surface area contributed by atoms with Gasteiger partial charge in [0.2, 0.25) is 5.89 Å². The number of rotatable bonds is 3. The lowest BCUT2D eigenvalue weighted by Crippen LogP contribution is -2.28. The first kappa shape index (κ1) is 13.1. The number of oxazole rings is 1. The SMILES string of the molecule is c1ccc(-c2cnc(CN3CCCc4ccccc43)o2)cc1. The van der Waals surface area contributed by atoms with Gasteiger partial charge in [-0.2, -0.15) is 0 Å². The summed E-state index contributed by atoms with van der Waals surface area (Å²) in [7, 11) is 0. The average molecular weight is 290 g/mol. The van der Waals surface area contributed by atoms with Gasteiger partial charge >= 0.3 is 0 Å². The van der Waals surface area contributed by atoms with Gasteiger partial charge in [0.15, 0.2) is 5.76 Å². The van der Waals surface area contributed by atoms with Gasteiger partial charge in [-0.1, -0.05) is 48.5 Å². The van der Waals surface area contributed by atoms with Crippen LogP contribution < -0.4 is 4.90 Å². The highest BCUT2D eigenvalue weighted by Crippen LogP contribution is 2.28. The molecule has 0 amide bonds. The Morgan fingerprint density at radius 1 is 1.00 bits per heavy atom. The van der Waals surface area contributed by atoms with E-state index in [1.165, 1.54) is 17.7 Å². The van der Waals surface area contributed by atoms with Gasteiger partial charge in [0.05, 0.1) is 12.7 Å². The van der Waals surface area contributed by atoms with E-state index in [9.17, 15) is 0 Å². The molecule has 0 unspecified atom stereocenters. The van der Waals surface area contributed by atoms with E-state index >= 15 is 0 Å². The van der Waals surface area contributed by atoms with Crippen molar-refractivity contribution in [3.63, 3.8) is 0 Å². The third-order valence-electron chi connectivity index (χ3n) is 4.14. The fourth-order valence-electron chi connectivity index (χ4n) is 3.06. The Hall–Kier alpha value is -2.55. The maximum atomic E-state index is 5.93.